The van der Waals surface area contributed by atoms with E-state index in [1.807, 2.05) is 30.4 Å². The van der Waals surface area contributed by atoms with Gasteiger partial charge in [-0.05, 0) is 35.1 Å². The Balaban J connectivity index is 1.77. The van der Waals surface area contributed by atoms with Crippen molar-refractivity contribution >= 4 is 28.1 Å². The fourth-order valence-corrected chi connectivity index (χ4v) is 3.94. The number of rotatable bonds is 1. The first-order valence-corrected chi connectivity index (χ1v) is 8.24. The van der Waals surface area contributed by atoms with Crippen molar-refractivity contribution in [2.45, 2.75) is 6.42 Å². The molecule has 2 aliphatic rings. The van der Waals surface area contributed by atoms with Crippen molar-refractivity contribution in [2.75, 3.05) is 29.9 Å². The fourth-order valence-electron chi connectivity index (χ4n) is 3.94. The molecule has 0 fully saturated rings. The molecule has 1 amide bonds. The molecule has 0 radical (unpaired) electrons. The van der Waals surface area contributed by atoms with Gasteiger partial charge in [-0.25, -0.2) is 0 Å². The normalized spacial score (nSPS) is 16.0. The number of pyridine rings is 1. The Hall–Kier alpha value is -2.88. The van der Waals surface area contributed by atoms with Gasteiger partial charge >= 0.3 is 0 Å². The van der Waals surface area contributed by atoms with Crippen LogP contribution in [0.25, 0.3) is 21.9 Å². The summed E-state index contributed by atoms with van der Waals surface area (Å²) in [6.45, 7) is 1.25. The summed E-state index contributed by atoms with van der Waals surface area (Å²) in [4.78, 5) is 20.7. The molecule has 24 heavy (non-hydrogen) atoms. The lowest BCUT2D eigenvalue weighted by molar-refractivity contribution is -0.117. The number of hydrogen-bond donors (Lipinski definition) is 0. The van der Waals surface area contributed by atoms with E-state index >= 15 is 0 Å². The molecule has 4 nitrogen and oxygen atoms in total. The van der Waals surface area contributed by atoms with Gasteiger partial charge in [0, 0.05) is 36.9 Å². The summed E-state index contributed by atoms with van der Waals surface area (Å²) < 4.78 is 0. The number of fused-ring (bicyclic) bond motifs is 1. The van der Waals surface area contributed by atoms with Gasteiger partial charge in [0.1, 0.15) is 0 Å². The van der Waals surface area contributed by atoms with E-state index in [-0.39, 0.29) is 5.91 Å². The zero-order chi connectivity index (χ0) is 16.3. The van der Waals surface area contributed by atoms with E-state index in [4.69, 9.17) is 0 Å². The smallest absolute Gasteiger partial charge is 0.246 e. The van der Waals surface area contributed by atoms with Crippen molar-refractivity contribution in [3.63, 3.8) is 0 Å². The van der Waals surface area contributed by atoms with E-state index in [0.717, 1.165) is 35.3 Å². The number of hydrogen-bond acceptors (Lipinski definition) is 3. The second-order valence-corrected chi connectivity index (χ2v) is 6.56. The van der Waals surface area contributed by atoms with E-state index in [2.05, 4.69) is 40.2 Å². The first-order chi connectivity index (χ1) is 11.7. The second-order valence-electron chi connectivity index (χ2n) is 6.56. The molecule has 1 aromatic heterocycles. The van der Waals surface area contributed by atoms with Crippen LogP contribution < -0.4 is 9.80 Å². The minimum absolute atomic E-state index is 0.198. The SMILES string of the molecule is CN1CC(=O)N2CCc3cc(-c4cncc5ccccc45)cc1c32. The molecule has 0 unspecified atom stereocenters. The Labute approximate surface area is 140 Å². The second kappa shape index (κ2) is 4.81. The first-order valence-electron chi connectivity index (χ1n) is 8.24. The van der Waals surface area contributed by atoms with Crippen molar-refractivity contribution in [1.82, 2.24) is 4.98 Å². The van der Waals surface area contributed by atoms with Crippen LogP contribution in [0.4, 0.5) is 11.4 Å². The Morgan fingerprint density at radius 2 is 2.00 bits per heavy atom. The van der Waals surface area contributed by atoms with Gasteiger partial charge in [-0.3, -0.25) is 9.78 Å². The molecule has 4 heteroatoms. The van der Waals surface area contributed by atoms with Gasteiger partial charge in [-0.1, -0.05) is 24.3 Å². The molecule has 0 saturated heterocycles. The van der Waals surface area contributed by atoms with E-state index in [0.29, 0.717) is 6.54 Å². The molecule has 0 bridgehead atoms. The minimum atomic E-state index is 0.198. The van der Waals surface area contributed by atoms with E-state index < -0.39 is 0 Å². The number of likely N-dealkylation sites (N-methyl/N-ethyl adjacent to an activating group) is 1. The quantitative estimate of drug-likeness (QED) is 0.692. The Morgan fingerprint density at radius 3 is 2.92 bits per heavy atom. The summed E-state index contributed by atoms with van der Waals surface area (Å²) in [6.07, 6.45) is 4.77. The van der Waals surface area contributed by atoms with E-state index in [1.54, 1.807) is 0 Å². The van der Waals surface area contributed by atoms with E-state index in [1.165, 1.54) is 16.5 Å². The number of anilines is 2. The Kier molecular flexibility index (Phi) is 2.71. The molecule has 0 atom stereocenters. The average Bonchev–Trinajstić information content (AvgIpc) is 3.04. The molecule has 2 aromatic carbocycles. The summed E-state index contributed by atoms with van der Waals surface area (Å²) in [6, 6.07) is 12.8. The maximum atomic E-state index is 12.2. The zero-order valence-electron chi connectivity index (χ0n) is 13.5. The lowest BCUT2D eigenvalue weighted by Crippen LogP contribution is -2.42. The average molecular weight is 315 g/mol. The number of carbonyl (C=O) groups is 1. The van der Waals surface area contributed by atoms with E-state index in [9.17, 15) is 4.79 Å². The standard InChI is InChI=1S/C20H17N3O/c1-22-12-19(24)23-7-6-13-8-15(9-18(22)20(13)23)17-11-21-10-14-4-2-3-5-16(14)17/h2-5,8-11H,6-7,12H2,1H3. The number of benzene rings is 2. The maximum absolute atomic E-state index is 12.2. The topological polar surface area (TPSA) is 36.4 Å². The van der Waals surface area contributed by atoms with Gasteiger partial charge in [-0.15, -0.1) is 0 Å². The third kappa shape index (κ3) is 1.80. The summed E-state index contributed by atoms with van der Waals surface area (Å²) in [5.74, 6) is 0.198. The fraction of sp³-hybridized carbons (Fsp3) is 0.200. The van der Waals surface area contributed by atoms with Crippen molar-refractivity contribution in [3.8, 4) is 11.1 Å². The van der Waals surface area contributed by atoms with Crippen molar-refractivity contribution in [3.05, 3.63) is 54.4 Å². The number of nitrogens with zero attached hydrogens (tertiary/aromatic N) is 3. The van der Waals surface area contributed by atoms with Gasteiger partial charge in [-0.2, -0.15) is 0 Å². The van der Waals surface area contributed by atoms with Crippen LogP contribution in [0.3, 0.4) is 0 Å². The van der Waals surface area contributed by atoms with Gasteiger partial charge in [0.25, 0.3) is 0 Å². The lowest BCUT2D eigenvalue weighted by Gasteiger charge is -2.33. The van der Waals surface area contributed by atoms with Gasteiger partial charge in [0.05, 0.1) is 17.9 Å². The van der Waals surface area contributed by atoms with Crippen LogP contribution in [0, 0.1) is 0 Å². The largest absolute Gasteiger partial charge is 0.364 e. The molecule has 0 aliphatic carbocycles. The molecule has 2 aliphatic heterocycles. The molecule has 0 saturated carbocycles. The molecule has 3 heterocycles. The highest BCUT2D eigenvalue weighted by atomic mass is 16.2. The molecule has 118 valence electrons. The highest BCUT2D eigenvalue weighted by Gasteiger charge is 2.34. The predicted molar refractivity (Wildman–Crippen MR) is 96.5 cm³/mol. The highest BCUT2D eigenvalue weighted by Crippen LogP contribution is 2.44. The van der Waals surface area contributed by atoms with Crippen LogP contribution in [0.2, 0.25) is 0 Å². The number of aromatic nitrogens is 1. The van der Waals surface area contributed by atoms with Crippen LogP contribution in [0.1, 0.15) is 5.56 Å². The van der Waals surface area contributed by atoms with Gasteiger partial charge in [0.2, 0.25) is 5.91 Å². The number of carbonyl (C=O) groups excluding carboxylic acids is 1. The monoisotopic (exact) mass is 315 g/mol. The number of amides is 1. The summed E-state index contributed by atoms with van der Waals surface area (Å²) in [5, 5.41) is 2.36. The van der Waals surface area contributed by atoms with Crippen LogP contribution in [0.5, 0.6) is 0 Å². The summed E-state index contributed by atoms with van der Waals surface area (Å²) in [7, 11) is 1.99. The predicted octanol–water partition coefficient (Wildman–Crippen LogP) is 3.24. The van der Waals surface area contributed by atoms with Crippen LogP contribution in [-0.2, 0) is 11.2 Å². The highest BCUT2D eigenvalue weighted by molar-refractivity contribution is 6.07. The molecule has 0 spiro atoms. The summed E-state index contributed by atoms with van der Waals surface area (Å²) >= 11 is 0. The van der Waals surface area contributed by atoms with Crippen molar-refractivity contribution in [1.29, 1.82) is 0 Å². The molecule has 0 N–H and O–H groups in total. The third-order valence-corrected chi connectivity index (χ3v) is 5.11. The maximum Gasteiger partial charge on any atom is 0.246 e. The minimum Gasteiger partial charge on any atom is -0.364 e. The first kappa shape index (κ1) is 13.5. The lowest BCUT2D eigenvalue weighted by atomic mass is 9.96. The van der Waals surface area contributed by atoms with Crippen LogP contribution >= 0.6 is 0 Å². The molecular formula is C20H17N3O. The molecule has 5 rings (SSSR count). The van der Waals surface area contributed by atoms with Gasteiger partial charge < -0.3 is 9.80 Å². The third-order valence-electron chi connectivity index (χ3n) is 5.11. The van der Waals surface area contributed by atoms with Crippen molar-refractivity contribution in [2.24, 2.45) is 0 Å². The molecular weight excluding hydrogens is 298 g/mol. The molecule has 3 aromatic rings. The van der Waals surface area contributed by atoms with Crippen molar-refractivity contribution < 1.29 is 4.79 Å². The van der Waals surface area contributed by atoms with Crippen LogP contribution in [0.15, 0.2) is 48.8 Å². The Morgan fingerprint density at radius 1 is 1.12 bits per heavy atom. The summed E-state index contributed by atoms with van der Waals surface area (Å²) in [5.41, 5.74) is 5.83. The zero-order valence-corrected chi connectivity index (χ0v) is 13.5. The van der Waals surface area contributed by atoms with Crippen LogP contribution in [-0.4, -0.2) is 31.0 Å². The Bertz CT molecular complexity index is 990. The van der Waals surface area contributed by atoms with Gasteiger partial charge in [0.15, 0.2) is 0 Å².